The molecule has 2 saturated heterocycles. The van der Waals surface area contributed by atoms with E-state index in [0.29, 0.717) is 29.8 Å². The molecular weight excluding hydrogens is 683 g/mol. The van der Waals surface area contributed by atoms with Gasteiger partial charge < -0.3 is 15.5 Å². The number of nitrogens with zero attached hydrogens (tertiary/aromatic N) is 8. The average molecular weight is 720 g/mol. The van der Waals surface area contributed by atoms with Crippen LogP contribution in [0.25, 0.3) is 22.3 Å². The Morgan fingerprint density at radius 3 is 2.48 bits per heavy atom. The number of carbonyl (C=O) groups is 3. The number of piperidine rings is 2. The second-order valence-corrected chi connectivity index (χ2v) is 13.9. The van der Waals surface area contributed by atoms with Gasteiger partial charge >= 0.3 is 0 Å². The fraction of sp³-hybridized carbons (Fsp3) is 0.250. The number of likely N-dealkylation sites (tertiary alicyclic amines) is 1. The first kappa shape index (κ1) is 33.3. The summed E-state index contributed by atoms with van der Waals surface area (Å²) < 4.78 is 2.08. The smallest absolute Gasteiger partial charge is 0.255 e. The topological polar surface area (TPSA) is 163 Å². The Morgan fingerprint density at radius 2 is 1.65 bits per heavy atom. The second-order valence-electron chi connectivity index (χ2n) is 13.9. The summed E-state index contributed by atoms with van der Waals surface area (Å²) in [5, 5.41) is 13.7. The fourth-order valence-corrected chi connectivity index (χ4v) is 7.52. The molecule has 0 saturated carbocycles. The highest BCUT2D eigenvalue weighted by Crippen LogP contribution is 2.34. The van der Waals surface area contributed by atoms with Crippen molar-refractivity contribution in [3.05, 3.63) is 114 Å². The van der Waals surface area contributed by atoms with E-state index < -0.39 is 11.9 Å². The molecule has 1 atom stereocenters. The van der Waals surface area contributed by atoms with Gasteiger partial charge in [-0.15, -0.1) is 0 Å². The Balaban J connectivity index is 0.786. The Labute approximate surface area is 310 Å². The summed E-state index contributed by atoms with van der Waals surface area (Å²) in [6.07, 6.45) is 10.0. The molecule has 2 fully saturated rings. The molecule has 54 heavy (non-hydrogen) atoms. The molecule has 270 valence electrons. The summed E-state index contributed by atoms with van der Waals surface area (Å²) in [5.41, 5.74) is 7.71. The van der Waals surface area contributed by atoms with Crippen molar-refractivity contribution in [2.24, 2.45) is 0 Å². The predicted octanol–water partition coefficient (Wildman–Crippen LogP) is 5.37. The summed E-state index contributed by atoms with van der Waals surface area (Å²) in [6, 6.07) is 23.1. The highest BCUT2D eigenvalue weighted by Gasteiger charge is 2.40. The lowest BCUT2D eigenvalue weighted by Crippen LogP contribution is -2.52. The molecule has 3 aliphatic heterocycles. The molecule has 3 amide bonds. The number of benzene rings is 3. The van der Waals surface area contributed by atoms with E-state index in [1.165, 1.54) is 10.5 Å². The summed E-state index contributed by atoms with van der Waals surface area (Å²) in [7, 11) is 0. The molecule has 3 N–H and O–H groups in total. The van der Waals surface area contributed by atoms with E-state index in [1.807, 2.05) is 54.9 Å². The molecule has 3 aliphatic rings. The molecule has 0 radical (unpaired) electrons. The number of fused-ring (bicyclic) bond motifs is 2. The normalized spacial score (nSPS) is 17.8. The number of amides is 3. The van der Waals surface area contributed by atoms with Gasteiger partial charge in [-0.25, -0.2) is 9.97 Å². The first-order valence-electron chi connectivity index (χ1n) is 18.1. The third kappa shape index (κ3) is 6.74. The molecule has 0 aliphatic carbocycles. The lowest BCUT2D eigenvalue weighted by molar-refractivity contribution is -0.136. The Kier molecular flexibility index (Phi) is 8.71. The molecule has 6 aromatic rings. The van der Waals surface area contributed by atoms with Gasteiger partial charge in [-0.3, -0.25) is 34.3 Å². The van der Waals surface area contributed by atoms with Crippen LogP contribution in [0.2, 0.25) is 0 Å². The SMILES string of the molecule is O=C1CCC(N2Cc3c(Nc4ccnc(Nc5ccc(CN6CCC(n7cc(-c8cnc9ccccc9n8)cn7)CC6)cc5)n4)cccc3C2=O)C(=O)N1. The van der Waals surface area contributed by atoms with Crippen molar-refractivity contribution in [2.45, 2.75) is 50.9 Å². The van der Waals surface area contributed by atoms with Crippen LogP contribution in [0.4, 0.5) is 23.1 Å². The van der Waals surface area contributed by atoms with E-state index in [-0.39, 0.29) is 24.8 Å². The lowest BCUT2D eigenvalue weighted by Gasteiger charge is -2.32. The highest BCUT2D eigenvalue weighted by molar-refractivity contribution is 6.06. The first-order chi connectivity index (χ1) is 26.4. The Morgan fingerprint density at radius 1 is 0.815 bits per heavy atom. The van der Waals surface area contributed by atoms with Crippen molar-refractivity contribution in [2.75, 3.05) is 23.7 Å². The van der Waals surface area contributed by atoms with Gasteiger partial charge in [0.05, 0.1) is 35.2 Å². The van der Waals surface area contributed by atoms with Gasteiger partial charge in [0.1, 0.15) is 11.9 Å². The van der Waals surface area contributed by atoms with Gasteiger partial charge in [0.25, 0.3) is 5.91 Å². The highest BCUT2D eigenvalue weighted by atomic mass is 16.2. The minimum absolute atomic E-state index is 0.208. The van der Waals surface area contributed by atoms with E-state index >= 15 is 0 Å². The van der Waals surface area contributed by atoms with Crippen LogP contribution in [0.3, 0.4) is 0 Å². The zero-order chi connectivity index (χ0) is 36.6. The molecular formula is C40H37N11O3. The van der Waals surface area contributed by atoms with Crippen LogP contribution in [-0.2, 0) is 22.7 Å². The zero-order valence-corrected chi connectivity index (χ0v) is 29.4. The van der Waals surface area contributed by atoms with E-state index in [1.54, 1.807) is 24.4 Å². The molecule has 6 heterocycles. The standard InChI is InChI=1S/C40H37N11O3/c52-37-13-12-35(38(53)48-37)50-24-30-29(39(50)54)4-3-7-31(30)46-36-14-17-41-40(47-36)44-27-10-8-25(9-11-27)22-49-18-15-28(16-19-49)51-23-26(20-43-51)34-21-42-32-5-1-2-6-33(32)45-34/h1-11,14,17,20-21,23,28,35H,12-13,15-16,18-19,22,24H2,(H,48,52,53)(H2,41,44,46,47). The number of anilines is 4. The molecule has 0 bridgehead atoms. The number of carbonyl (C=O) groups excluding carboxylic acids is 3. The predicted molar refractivity (Wildman–Crippen MR) is 202 cm³/mol. The molecule has 3 aromatic carbocycles. The molecule has 9 rings (SSSR count). The second kappa shape index (κ2) is 14.1. The number of imide groups is 1. The molecule has 1 unspecified atom stereocenters. The fourth-order valence-electron chi connectivity index (χ4n) is 7.52. The lowest BCUT2D eigenvalue weighted by atomic mass is 10.0. The summed E-state index contributed by atoms with van der Waals surface area (Å²) in [6.45, 7) is 3.09. The Bertz CT molecular complexity index is 2390. The Hall–Kier alpha value is -6.54. The van der Waals surface area contributed by atoms with E-state index in [9.17, 15) is 14.4 Å². The molecule has 0 spiro atoms. The van der Waals surface area contributed by atoms with Crippen molar-refractivity contribution in [1.82, 2.24) is 44.8 Å². The van der Waals surface area contributed by atoms with Crippen molar-refractivity contribution in [3.63, 3.8) is 0 Å². The number of nitrogens with one attached hydrogen (secondary N) is 3. The maximum atomic E-state index is 13.2. The van der Waals surface area contributed by atoms with Gasteiger partial charge in [0, 0.05) is 73.1 Å². The van der Waals surface area contributed by atoms with Gasteiger partial charge in [-0.05, 0) is 67.3 Å². The van der Waals surface area contributed by atoms with E-state index in [2.05, 4.69) is 63.9 Å². The van der Waals surface area contributed by atoms with Gasteiger partial charge in [-0.2, -0.15) is 10.1 Å². The zero-order valence-electron chi connectivity index (χ0n) is 29.4. The molecule has 3 aromatic heterocycles. The summed E-state index contributed by atoms with van der Waals surface area (Å²) in [5.74, 6) is 0.0171. The van der Waals surface area contributed by atoms with Crippen molar-refractivity contribution < 1.29 is 14.4 Å². The van der Waals surface area contributed by atoms with Crippen molar-refractivity contribution >= 4 is 51.9 Å². The van der Waals surface area contributed by atoms with Crippen LogP contribution < -0.4 is 16.0 Å². The van der Waals surface area contributed by atoms with Crippen LogP contribution in [0.5, 0.6) is 0 Å². The van der Waals surface area contributed by atoms with Crippen LogP contribution in [0, 0.1) is 0 Å². The summed E-state index contributed by atoms with van der Waals surface area (Å²) in [4.78, 5) is 59.8. The maximum Gasteiger partial charge on any atom is 0.255 e. The van der Waals surface area contributed by atoms with E-state index in [4.69, 9.17) is 4.98 Å². The quantitative estimate of drug-likeness (QED) is 0.165. The number of hydrogen-bond acceptors (Lipinski definition) is 11. The van der Waals surface area contributed by atoms with Gasteiger partial charge in [0.15, 0.2) is 0 Å². The third-order valence-electron chi connectivity index (χ3n) is 10.4. The number of aromatic nitrogens is 6. The largest absolute Gasteiger partial charge is 0.340 e. The average Bonchev–Trinajstić information content (AvgIpc) is 3.82. The van der Waals surface area contributed by atoms with Crippen molar-refractivity contribution in [1.29, 1.82) is 0 Å². The number of hydrogen-bond donors (Lipinski definition) is 3. The van der Waals surface area contributed by atoms with Crippen LogP contribution >= 0.6 is 0 Å². The van der Waals surface area contributed by atoms with Gasteiger partial charge in [-0.1, -0.05) is 30.3 Å². The summed E-state index contributed by atoms with van der Waals surface area (Å²) >= 11 is 0. The number of para-hydroxylation sites is 2. The monoisotopic (exact) mass is 719 g/mol. The molecule has 14 heteroatoms. The van der Waals surface area contributed by atoms with Crippen molar-refractivity contribution in [3.8, 4) is 11.3 Å². The van der Waals surface area contributed by atoms with Gasteiger partial charge in [0.2, 0.25) is 17.8 Å². The minimum atomic E-state index is -0.677. The minimum Gasteiger partial charge on any atom is -0.340 e. The van der Waals surface area contributed by atoms with Crippen LogP contribution in [0.15, 0.2) is 97.6 Å². The maximum absolute atomic E-state index is 13.2. The van der Waals surface area contributed by atoms with E-state index in [0.717, 1.165) is 71.7 Å². The van der Waals surface area contributed by atoms with Crippen LogP contribution in [0.1, 0.15) is 53.2 Å². The third-order valence-corrected chi connectivity index (χ3v) is 10.4. The first-order valence-corrected chi connectivity index (χ1v) is 18.1. The number of rotatable bonds is 9. The van der Waals surface area contributed by atoms with Crippen LogP contribution in [-0.4, -0.2) is 76.4 Å². The molecule has 14 nitrogen and oxygen atoms in total.